The lowest BCUT2D eigenvalue weighted by Gasteiger charge is -2.31. The molecule has 1 saturated heterocycles. The van der Waals surface area contributed by atoms with Crippen LogP contribution < -0.4 is 10.1 Å². The summed E-state index contributed by atoms with van der Waals surface area (Å²) in [4.78, 5) is 14.0. The van der Waals surface area contributed by atoms with Crippen LogP contribution in [0.3, 0.4) is 0 Å². The SMILES string of the molecule is CCc1ccc(OCC(=O)N(C)C2CCNCC2)cc1. The second-order valence-electron chi connectivity index (χ2n) is 5.27. The van der Waals surface area contributed by atoms with Crippen molar-refractivity contribution >= 4 is 5.91 Å². The lowest BCUT2D eigenvalue weighted by Crippen LogP contribution is -2.45. The molecule has 4 heteroatoms. The highest BCUT2D eigenvalue weighted by Crippen LogP contribution is 2.14. The second-order valence-corrected chi connectivity index (χ2v) is 5.27. The van der Waals surface area contributed by atoms with Crippen molar-refractivity contribution in [2.24, 2.45) is 0 Å². The van der Waals surface area contributed by atoms with Gasteiger partial charge in [0.2, 0.25) is 0 Å². The van der Waals surface area contributed by atoms with Crippen LogP contribution in [0.1, 0.15) is 25.3 Å². The zero-order chi connectivity index (χ0) is 14.4. The standard InChI is InChI=1S/C16H24N2O2/c1-3-13-4-6-15(7-5-13)20-12-16(19)18(2)14-8-10-17-11-9-14/h4-7,14,17H,3,8-12H2,1-2H3. The molecule has 0 radical (unpaired) electrons. The second kappa shape index (κ2) is 7.29. The average molecular weight is 276 g/mol. The molecule has 1 heterocycles. The fraction of sp³-hybridized carbons (Fsp3) is 0.562. The van der Waals surface area contributed by atoms with Crippen molar-refractivity contribution in [3.63, 3.8) is 0 Å². The Balaban J connectivity index is 1.81. The molecule has 1 aromatic rings. The van der Waals surface area contributed by atoms with E-state index in [1.165, 1.54) is 5.56 Å². The number of piperidine rings is 1. The van der Waals surface area contributed by atoms with E-state index in [-0.39, 0.29) is 12.5 Å². The molecule has 1 aliphatic heterocycles. The third-order valence-electron chi connectivity index (χ3n) is 3.94. The maximum absolute atomic E-state index is 12.1. The molecule has 110 valence electrons. The Hall–Kier alpha value is -1.55. The molecule has 0 atom stereocenters. The highest BCUT2D eigenvalue weighted by Gasteiger charge is 2.21. The number of nitrogens with zero attached hydrogens (tertiary/aromatic N) is 1. The quantitative estimate of drug-likeness (QED) is 0.892. The van der Waals surface area contributed by atoms with Gasteiger partial charge in [-0.2, -0.15) is 0 Å². The van der Waals surface area contributed by atoms with E-state index in [0.29, 0.717) is 6.04 Å². The van der Waals surface area contributed by atoms with E-state index >= 15 is 0 Å². The summed E-state index contributed by atoms with van der Waals surface area (Å²) in [5.41, 5.74) is 1.27. The fourth-order valence-electron chi connectivity index (χ4n) is 2.47. The zero-order valence-electron chi connectivity index (χ0n) is 12.4. The molecule has 0 aromatic heterocycles. The van der Waals surface area contributed by atoms with E-state index in [0.717, 1.165) is 38.1 Å². The van der Waals surface area contributed by atoms with Gasteiger partial charge in [0.1, 0.15) is 5.75 Å². The first-order chi connectivity index (χ1) is 9.70. The number of carbonyl (C=O) groups excluding carboxylic acids is 1. The lowest BCUT2D eigenvalue weighted by molar-refractivity contribution is -0.134. The molecule has 1 amide bonds. The molecule has 1 N–H and O–H groups in total. The Morgan fingerprint density at radius 2 is 1.95 bits per heavy atom. The first kappa shape index (κ1) is 14.9. The van der Waals surface area contributed by atoms with Crippen molar-refractivity contribution in [1.29, 1.82) is 0 Å². The van der Waals surface area contributed by atoms with Gasteiger partial charge in [0, 0.05) is 13.1 Å². The predicted molar refractivity (Wildman–Crippen MR) is 80.0 cm³/mol. The van der Waals surface area contributed by atoms with Gasteiger partial charge in [0.05, 0.1) is 0 Å². The summed E-state index contributed by atoms with van der Waals surface area (Å²) < 4.78 is 5.57. The molecule has 4 nitrogen and oxygen atoms in total. The van der Waals surface area contributed by atoms with Crippen LogP contribution in [-0.4, -0.2) is 43.6 Å². The molecule has 2 rings (SSSR count). The van der Waals surface area contributed by atoms with Crippen LogP contribution in [0, 0.1) is 0 Å². The summed E-state index contributed by atoms with van der Waals surface area (Å²) in [5, 5.41) is 3.31. The third-order valence-corrected chi connectivity index (χ3v) is 3.94. The van der Waals surface area contributed by atoms with E-state index in [1.807, 2.05) is 36.2 Å². The molecule has 1 aliphatic rings. The number of benzene rings is 1. The number of nitrogens with one attached hydrogen (secondary N) is 1. The van der Waals surface area contributed by atoms with Crippen LogP contribution in [0.15, 0.2) is 24.3 Å². The summed E-state index contributed by atoms with van der Waals surface area (Å²) in [6, 6.07) is 8.27. The van der Waals surface area contributed by atoms with Crippen LogP contribution in [0.5, 0.6) is 5.75 Å². The average Bonchev–Trinajstić information content (AvgIpc) is 2.53. The number of aryl methyl sites for hydroxylation is 1. The van der Waals surface area contributed by atoms with E-state index < -0.39 is 0 Å². The van der Waals surface area contributed by atoms with Crippen LogP contribution in [0.25, 0.3) is 0 Å². The summed E-state index contributed by atoms with van der Waals surface area (Å²) in [5.74, 6) is 0.811. The van der Waals surface area contributed by atoms with Gasteiger partial charge in [-0.05, 0) is 50.0 Å². The van der Waals surface area contributed by atoms with Gasteiger partial charge >= 0.3 is 0 Å². The monoisotopic (exact) mass is 276 g/mol. The van der Waals surface area contributed by atoms with Gasteiger partial charge in [-0.15, -0.1) is 0 Å². The van der Waals surface area contributed by atoms with Gasteiger partial charge in [0.15, 0.2) is 6.61 Å². The fourth-order valence-corrected chi connectivity index (χ4v) is 2.47. The number of hydrogen-bond acceptors (Lipinski definition) is 3. The molecule has 0 spiro atoms. The predicted octanol–water partition coefficient (Wildman–Crippen LogP) is 1.84. The Kier molecular flexibility index (Phi) is 5.41. The molecular formula is C16H24N2O2. The van der Waals surface area contributed by atoms with E-state index in [9.17, 15) is 4.79 Å². The van der Waals surface area contributed by atoms with Crippen LogP contribution in [0.2, 0.25) is 0 Å². The Bertz CT molecular complexity index is 425. The summed E-state index contributed by atoms with van der Waals surface area (Å²) in [6.45, 7) is 4.21. The van der Waals surface area contributed by atoms with Crippen molar-refractivity contribution in [1.82, 2.24) is 10.2 Å². The van der Waals surface area contributed by atoms with Crippen LogP contribution in [-0.2, 0) is 11.2 Å². The van der Waals surface area contributed by atoms with E-state index in [4.69, 9.17) is 4.74 Å². The van der Waals surface area contributed by atoms with Crippen LogP contribution >= 0.6 is 0 Å². The van der Waals surface area contributed by atoms with Gasteiger partial charge in [-0.25, -0.2) is 0 Å². The minimum atomic E-state index is 0.0523. The molecule has 1 aromatic carbocycles. The summed E-state index contributed by atoms with van der Waals surface area (Å²) in [6.07, 6.45) is 3.05. The van der Waals surface area contributed by atoms with Gasteiger partial charge < -0.3 is 15.0 Å². The highest BCUT2D eigenvalue weighted by atomic mass is 16.5. The maximum Gasteiger partial charge on any atom is 0.260 e. The largest absolute Gasteiger partial charge is 0.484 e. The molecule has 1 fully saturated rings. The Morgan fingerprint density at radius 3 is 2.55 bits per heavy atom. The molecule has 0 aliphatic carbocycles. The van der Waals surface area contributed by atoms with Gasteiger partial charge in [-0.1, -0.05) is 19.1 Å². The first-order valence-corrected chi connectivity index (χ1v) is 7.39. The topological polar surface area (TPSA) is 41.6 Å². The number of likely N-dealkylation sites (N-methyl/N-ethyl adjacent to an activating group) is 1. The smallest absolute Gasteiger partial charge is 0.260 e. The van der Waals surface area contributed by atoms with E-state index in [1.54, 1.807) is 0 Å². The minimum Gasteiger partial charge on any atom is -0.484 e. The summed E-state index contributed by atoms with van der Waals surface area (Å²) >= 11 is 0. The van der Waals surface area contributed by atoms with Crippen molar-refractivity contribution in [2.45, 2.75) is 32.2 Å². The first-order valence-electron chi connectivity index (χ1n) is 7.39. The van der Waals surface area contributed by atoms with Crippen molar-refractivity contribution in [3.05, 3.63) is 29.8 Å². The highest BCUT2D eigenvalue weighted by molar-refractivity contribution is 5.77. The van der Waals surface area contributed by atoms with Crippen LogP contribution in [0.4, 0.5) is 0 Å². The summed E-state index contributed by atoms with van der Waals surface area (Å²) in [7, 11) is 1.88. The number of amides is 1. The van der Waals surface area contributed by atoms with Crippen molar-refractivity contribution in [2.75, 3.05) is 26.7 Å². The lowest BCUT2D eigenvalue weighted by atomic mass is 10.1. The van der Waals surface area contributed by atoms with Gasteiger partial charge in [0.25, 0.3) is 5.91 Å². The molecule has 0 unspecified atom stereocenters. The maximum atomic E-state index is 12.1. The van der Waals surface area contributed by atoms with Gasteiger partial charge in [-0.3, -0.25) is 4.79 Å². The number of hydrogen-bond donors (Lipinski definition) is 1. The van der Waals surface area contributed by atoms with E-state index in [2.05, 4.69) is 12.2 Å². The minimum absolute atomic E-state index is 0.0523. The Morgan fingerprint density at radius 1 is 1.30 bits per heavy atom. The Labute approximate surface area is 121 Å². The number of rotatable bonds is 5. The zero-order valence-corrected chi connectivity index (χ0v) is 12.4. The molecular weight excluding hydrogens is 252 g/mol. The molecule has 0 bridgehead atoms. The molecule has 20 heavy (non-hydrogen) atoms. The molecule has 0 saturated carbocycles. The number of carbonyl (C=O) groups is 1. The normalized spacial score (nSPS) is 15.9. The van der Waals surface area contributed by atoms with Crippen molar-refractivity contribution < 1.29 is 9.53 Å². The van der Waals surface area contributed by atoms with Crippen molar-refractivity contribution in [3.8, 4) is 5.75 Å². The third kappa shape index (κ3) is 3.97. The number of ether oxygens (including phenoxy) is 1.